The molecule has 136 valence electrons. The Morgan fingerprint density at radius 1 is 1.27 bits per heavy atom. The molecular formula is C18H17FN2O5. The molecule has 0 saturated carbocycles. The van der Waals surface area contributed by atoms with Crippen LogP contribution < -0.4 is 10.1 Å². The van der Waals surface area contributed by atoms with Crippen LogP contribution >= 0.6 is 0 Å². The molecule has 2 rings (SSSR count). The van der Waals surface area contributed by atoms with Crippen molar-refractivity contribution >= 4 is 23.4 Å². The minimum atomic E-state index is -0.578. The summed E-state index contributed by atoms with van der Waals surface area (Å²) >= 11 is 0. The number of ether oxygens (including phenoxy) is 2. The minimum Gasteiger partial charge on any atom is -0.489 e. The Labute approximate surface area is 149 Å². The number of carbonyl (C=O) groups excluding carboxylic acids is 1. The van der Waals surface area contributed by atoms with Gasteiger partial charge in [0.1, 0.15) is 18.2 Å². The van der Waals surface area contributed by atoms with Gasteiger partial charge in [-0.1, -0.05) is 12.1 Å². The first kappa shape index (κ1) is 19.1. The monoisotopic (exact) mass is 360 g/mol. The number of hydrogen-bond donors (Lipinski definition) is 1. The number of halogens is 1. The zero-order chi connectivity index (χ0) is 18.9. The normalized spacial score (nSPS) is 10.7. The predicted octanol–water partition coefficient (Wildman–Crippen LogP) is 3.41. The van der Waals surface area contributed by atoms with Crippen molar-refractivity contribution in [3.8, 4) is 5.75 Å². The van der Waals surface area contributed by atoms with Gasteiger partial charge >= 0.3 is 0 Å². The number of nitro benzene ring substituents is 1. The fourth-order valence-electron chi connectivity index (χ4n) is 2.10. The van der Waals surface area contributed by atoms with Gasteiger partial charge in [-0.25, -0.2) is 4.39 Å². The largest absolute Gasteiger partial charge is 0.489 e. The Morgan fingerprint density at radius 2 is 2.04 bits per heavy atom. The number of anilines is 1. The van der Waals surface area contributed by atoms with E-state index in [1.54, 1.807) is 6.07 Å². The van der Waals surface area contributed by atoms with E-state index in [9.17, 15) is 19.3 Å². The first-order chi connectivity index (χ1) is 12.5. The molecule has 0 spiro atoms. The molecule has 0 unspecified atom stereocenters. The molecule has 0 fully saturated rings. The summed E-state index contributed by atoms with van der Waals surface area (Å²) in [7, 11) is 1.52. The fraction of sp³-hybridized carbons (Fsp3) is 0.167. The number of carbonyl (C=O) groups is 1. The van der Waals surface area contributed by atoms with Gasteiger partial charge in [0.25, 0.3) is 5.69 Å². The van der Waals surface area contributed by atoms with Crippen molar-refractivity contribution < 1.29 is 23.6 Å². The lowest BCUT2D eigenvalue weighted by Gasteiger charge is -2.11. The van der Waals surface area contributed by atoms with Crippen LogP contribution in [-0.2, 0) is 9.53 Å². The molecule has 0 aliphatic carbocycles. The van der Waals surface area contributed by atoms with Crippen LogP contribution in [0.25, 0.3) is 6.08 Å². The molecule has 0 radical (unpaired) electrons. The molecule has 1 amide bonds. The van der Waals surface area contributed by atoms with Gasteiger partial charge in [-0.3, -0.25) is 14.9 Å². The number of nitro groups is 1. The number of methoxy groups -OCH3 is 1. The predicted molar refractivity (Wildman–Crippen MR) is 94.5 cm³/mol. The van der Waals surface area contributed by atoms with Gasteiger partial charge in [-0.15, -0.1) is 0 Å². The lowest BCUT2D eigenvalue weighted by molar-refractivity contribution is -0.385. The third-order valence-electron chi connectivity index (χ3n) is 3.29. The van der Waals surface area contributed by atoms with Gasteiger partial charge < -0.3 is 14.8 Å². The maximum atomic E-state index is 13.5. The van der Waals surface area contributed by atoms with E-state index in [2.05, 4.69) is 5.32 Å². The second kappa shape index (κ2) is 9.28. The summed E-state index contributed by atoms with van der Waals surface area (Å²) in [5.41, 5.74) is 0.313. The summed E-state index contributed by atoms with van der Waals surface area (Å²) in [5.74, 6) is -0.830. The van der Waals surface area contributed by atoms with Gasteiger partial charge in [0.05, 0.1) is 22.8 Å². The molecule has 0 aliphatic rings. The Morgan fingerprint density at radius 3 is 2.77 bits per heavy atom. The van der Waals surface area contributed by atoms with Crippen LogP contribution in [0.2, 0.25) is 0 Å². The van der Waals surface area contributed by atoms with E-state index in [1.807, 2.05) is 0 Å². The highest BCUT2D eigenvalue weighted by molar-refractivity contribution is 6.03. The van der Waals surface area contributed by atoms with Crippen molar-refractivity contribution in [1.29, 1.82) is 0 Å². The van der Waals surface area contributed by atoms with Crippen molar-refractivity contribution in [1.82, 2.24) is 0 Å². The number of nitrogens with zero attached hydrogens (tertiary/aromatic N) is 1. The number of nitrogens with one attached hydrogen (secondary N) is 1. The van der Waals surface area contributed by atoms with Crippen LogP contribution in [0.1, 0.15) is 5.56 Å². The molecule has 0 aromatic heterocycles. The van der Waals surface area contributed by atoms with E-state index in [0.29, 0.717) is 6.61 Å². The molecule has 0 aliphatic heterocycles. The lowest BCUT2D eigenvalue weighted by atomic mass is 10.1. The maximum absolute atomic E-state index is 13.5. The van der Waals surface area contributed by atoms with Gasteiger partial charge in [0, 0.05) is 25.3 Å². The van der Waals surface area contributed by atoms with Crippen LogP contribution in [0.4, 0.5) is 15.8 Å². The standard InChI is InChI=1S/C18H17FN2O5/c1-25-10-11-26-17-8-7-14(19)12-15(17)20-18(22)9-6-13-4-2-3-5-16(13)21(23)24/h2-9,12H,10-11H2,1H3,(H,20,22). The minimum absolute atomic E-state index is 0.120. The van der Waals surface area contributed by atoms with E-state index in [-0.39, 0.29) is 29.3 Å². The molecule has 0 heterocycles. The van der Waals surface area contributed by atoms with Crippen LogP contribution in [0.3, 0.4) is 0 Å². The van der Waals surface area contributed by atoms with Crippen LogP contribution in [0.15, 0.2) is 48.5 Å². The molecule has 2 aromatic carbocycles. The molecule has 26 heavy (non-hydrogen) atoms. The summed E-state index contributed by atoms with van der Waals surface area (Å²) in [6, 6.07) is 9.74. The molecule has 1 N–H and O–H groups in total. The molecule has 0 atom stereocenters. The van der Waals surface area contributed by atoms with Gasteiger partial charge in [-0.2, -0.15) is 0 Å². The topological polar surface area (TPSA) is 90.7 Å². The Kier molecular flexibility index (Phi) is 6.81. The fourth-order valence-corrected chi connectivity index (χ4v) is 2.10. The van der Waals surface area contributed by atoms with E-state index < -0.39 is 16.6 Å². The summed E-state index contributed by atoms with van der Waals surface area (Å²) in [6.45, 7) is 0.569. The zero-order valence-corrected chi connectivity index (χ0v) is 14.0. The van der Waals surface area contributed by atoms with Crippen molar-refractivity contribution in [2.45, 2.75) is 0 Å². The van der Waals surface area contributed by atoms with E-state index in [4.69, 9.17) is 9.47 Å². The second-order valence-corrected chi connectivity index (χ2v) is 5.12. The summed E-state index contributed by atoms with van der Waals surface area (Å²) in [5, 5.41) is 13.5. The molecule has 7 nitrogen and oxygen atoms in total. The third kappa shape index (κ3) is 5.38. The first-order valence-corrected chi connectivity index (χ1v) is 7.65. The summed E-state index contributed by atoms with van der Waals surface area (Å²) < 4.78 is 23.8. The van der Waals surface area contributed by atoms with E-state index in [0.717, 1.165) is 12.1 Å². The van der Waals surface area contributed by atoms with E-state index >= 15 is 0 Å². The number of para-hydroxylation sites is 1. The summed E-state index contributed by atoms with van der Waals surface area (Å²) in [6.07, 6.45) is 2.45. The highest BCUT2D eigenvalue weighted by Crippen LogP contribution is 2.25. The van der Waals surface area contributed by atoms with Crippen molar-refractivity contribution in [2.24, 2.45) is 0 Å². The molecular weight excluding hydrogens is 343 g/mol. The summed E-state index contributed by atoms with van der Waals surface area (Å²) in [4.78, 5) is 22.5. The highest BCUT2D eigenvalue weighted by atomic mass is 19.1. The lowest BCUT2D eigenvalue weighted by Crippen LogP contribution is -2.11. The average Bonchev–Trinajstić information content (AvgIpc) is 2.62. The molecule has 0 bridgehead atoms. The Hall–Kier alpha value is -3.26. The average molecular weight is 360 g/mol. The van der Waals surface area contributed by atoms with E-state index in [1.165, 1.54) is 43.5 Å². The maximum Gasteiger partial charge on any atom is 0.276 e. The third-order valence-corrected chi connectivity index (χ3v) is 3.29. The molecule has 8 heteroatoms. The first-order valence-electron chi connectivity index (χ1n) is 7.65. The number of amides is 1. The zero-order valence-electron chi connectivity index (χ0n) is 14.0. The van der Waals surface area contributed by atoms with Crippen LogP contribution in [-0.4, -0.2) is 31.2 Å². The van der Waals surface area contributed by atoms with Gasteiger partial charge in [0.2, 0.25) is 5.91 Å². The van der Waals surface area contributed by atoms with Crippen molar-refractivity contribution in [3.05, 3.63) is 70.0 Å². The number of hydrogen-bond acceptors (Lipinski definition) is 5. The van der Waals surface area contributed by atoms with Gasteiger partial charge in [-0.05, 0) is 24.3 Å². The second-order valence-electron chi connectivity index (χ2n) is 5.12. The smallest absolute Gasteiger partial charge is 0.276 e. The Balaban J connectivity index is 2.12. The molecule has 0 saturated heterocycles. The van der Waals surface area contributed by atoms with Crippen LogP contribution in [0.5, 0.6) is 5.75 Å². The quantitative estimate of drug-likeness (QED) is 0.337. The number of rotatable bonds is 8. The van der Waals surface area contributed by atoms with Crippen molar-refractivity contribution in [3.63, 3.8) is 0 Å². The SMILES string of the molecule is COCCOc1ccc(F)cc1NC(=O)C=Cc1ccccc1[N+](=O)[O-]. The van der Waals surface area contributed by atoms with Crippen LogP contribution in [0, 0.1) is 15.9 Å². The molecule has 2 aromatic rings. The highest BCUT2D eigenvalue weighted by Gasteiger charge is 2.11. The van der Waals surface area contributed by atoms with Gasteiger partial charge in [0.15, 0.2) is 0 Å². The Bertz CT molecular complexity index is 823. The van der Waals surface area contributed by atoms with Crippen molar-refractivity contribution in [2.75, 3.05) is 25.6 Å². The number of benzene rings is 2.